The Balaban J connectivity index is 1.33. The summed E-state index contributed by atoms with van der Waals surface area (Å²) in [5, 5.41) is 13.6. The van der Waals surface area contributed by atoms with Crippen molar-refractivity contribution in [3.05, 3.63) is 88.5 Å². The first-order valence-electron chi connectivity index (χ1n) is 11.6. The van der Waals surface area contributed by atoms with Gasteiger partial charge in [0.15, 0.2) is 17.0 Å². The summed E-state index contributed by atoms with van der Waals surface area (Å²) in [5.74, 6) is -0.647. The standard InChI is InChI=1S/C25H22N6O6/c1-2-18-19(37-25(33)16-8-10-17(11-9-16)31(34)35)12-20(36-18)30-14-28-21-22(26-13-27-23(21)30)29-24(32)15-6-4-3-5-7-15/h3-11,13-14,18-20H,2,12H2,1H3,(H,26,27,29,32)/t18-,19-,20-/m1/s1. The molecule has 37 heavy (non-hydrogen) atoms. The Hall–Kier alpha value is -4.71. The number of amides is 1. The van der Waals surface area contributed by atoms with E-state index in [0.717, 1.165) is 0 Å². The van der Waals surface area contributed by atoms with Crippen molar-refractivity contribution < 1.29 is 24.0 Å². The second-order valence-corrected chi connectivity index (χ2v) is 8.39. The van der Waals surface area contributed by atoms with Gasteiger partial charge in [-0.05, 0) is 30.7 Å². The third kappa shape index (κ3) is 4.86. The van der Waals surface area contributed by atoms with Crippen molar-refractivity contribution in [3.63, 3.8) is 0 Å². The minimum atomic E-state index is -0.591. The number of non-ortho nitro benzene ring substituents is 1. The zero-order valence-electron chi connectivity index (χ0n) is 19.7. The van der Waals surface area contributed by atoms with Crippen LogP contribution in [0, 0.1) is 10.1 Å². The fourth-order valence-corrected chi connectivity index (χ4v) is 4.21. The maximum absolute atomic E-state index is 12.7. The third-order valence-corrected chi connectivity index (χ3v) is 6.09. The molecular weight excluding hydrogens is 480 g/mol. The third-order valence-electron chi connectivity index (χ3n) is 6.09. The van der Waals surface area contributed by atoms with Crippen LogP contribution in [0.4, 0.5) is 11.5 Å². The maximum Gasteiger partial charge on any atom is 0.338 e. The molecule has 5 rings (SSSR count). The highest BCUT2D eigenvalue weighted by Gasteiger charge is 2.39. The summed E-state index contributed by atoms with van der Waals surface area (Å²) in [7, 11) is 0. The maximum atomic E-state index is 12.7. The number of anilines is 1. The number of nitrogens with zero attached hydrogens (tertiary/aromatic N) is 5. The lowest BCUT2D eigenvalue weighted by molar-refractivity contribution is -0.384. The van der Waals surface area contributed by atoms with Gasteiger partial charge in [0.25, 0.3) is 11.6 Å². The number of hydrogen-bond donors (Lipinski definition) is 1. The Morgan fingerprint density at radius 3 is 2.57 bits per heavy atom. The van der Waals surface area contributed by atoms with E-state index in [4.69, 9.17) is 9.47 Å². The van der Waals surface area contributed by atoms with Crippen molar-refractivity contribution in [3.8, 4) is 0 Å². The molecule has 1 aliphatic heterocycles. The van der Waals surface area contributed by atoms with Gasteiger partial charge in [-0.3, -0.25) is 19.5 Å². The van der Waals surface area contributed by atoms with Crippen LogP contribution in [-0.2, 0) is 9.47 Å². The topological polar surface area (TPSA) is 151 Å². The Morgan fingerprint density at radius 1 is 1.11 bits per heavy atom. The quantitative estimate of drug-likeness (QED) is 0.225. The number of nitro benzene ring substituents is 1. The molecule has 1 fully saturated rings. The summed E-state index contributed by atoms with van der Waals surface area (Å²) in [6.07, 6.45) is 2.39. The van der Waals surface area contributed by atoms with Crippen LogP contribution in [0.1, 0.15) is 46.7 Å². The molecule has 4 aromatic rings. The molecule has 1 N–H and O–H groups in total. The first kappa shape index (κ1) is 24.0. The minimum absolute atomic E-state index is 0.111. The predicted octanol–water partition coefficient (Wildman–Crippen LogP) is 3.91. The van der Waals surface area contributed by atoms with Crippen LogP contribution in [0.25, 0.3) is 11.2 Å². The molecule has 0 aliphatic carbocycles. The van der Waals surface area contributed by atoms with Crippen LogP contribution in [0.5, 0.6) is 0 Å². The number of nitrogens with one attached hydrogen (secondary N) is 1. The molecule has 3 heterocycles. The molecule has 12 nitrogen and oxygen atoms in total. The number of carbonyl (C=O) groups is 2. The molecule has 0 bridgehead atoms. The Morgan fingerprint density at radius 2 is 1.86 bits per heavy atom. The molecule has 1 amide bonds. The number of rotatable bonds is 7. The highest BCUT2D eigenvalue weighted by Crippen LogP contribution is 2.35. The fourth-order valence-electron chi connectivity index (χ4n) is 4.21. The summed E-state index contributed by atoms with van der Waals surface area (Å²) in [5.41, 5.74) is 1.44. The summed E-state index contributed by atoms with van der Waals surface area (Å²) in [6.45, 7) is 1.92. The van der Waals surface area contributed by atoms with Crippen molar-refractivity contribution in [2.24, 2.45) is 0 Å². The van der Waals surface area contributed by atoms with Crippen molar-refractivity contribution in [1.82, 2.24) is 19.5 Å². The van der Waals surface area contributed by atoms with E-state index in [2.05, 4.69) is 20.3 Å². The van der Waals surface area contributed by atoms with Crippen LogP contribution in [-0.4, -0.2) is 48.5 Å². The second-order valence-electron chi connectivity index (χ2n) is 8.39. The minimum Gasteiger partial charge on any atom is -0.456 e. The van der Waals surface area contributed by atoms with E-state index in [-0.39, 0.29) is 29.1 Å². The molecular formula is C25H22N6O6. The predicted molar refractivity (Wildman–Crippen MR) is 131 cm³/mol. The normalized spacial score (nSPS) is 19.0. The fraction of sp³-hybridized carbons (Fsp3) is 0.240. The first-order chi connectivity index (χ1) is 17.9. The van der Waals surface area contributed by atoms with Gasteiger partial charge in [0, 0.05) is 24.1 Å². The summed E-state index contributed by atoms with van der Waals surface area (Å²) >= 11 is 0. The van der Waals surface area contributed by atoms with E-state index in [1.165, 1.54) is 30.6 Å². The molecule has 1 aliphatic rings. The number of ether oxygens (including phenoxy) is 2. The molecule has 2 aromatic heterocycles. The van der Waals surface area contributed by atoms with E-state index < -0.39 is 23.2 Å². The van der Waals surface area contributed by atoms with Gasteiger partial charge in [-0.25, -0.2) is 19.7 Å². The number of fused-ring (bicyclic) bond motifs is 1. The van der Waals surface area contributed by atoms with Crippen molar-refractivity contribution >= 4 is 34.5 Å². The van der Waals surface area contributed by atoms with Gasteiger partial charge in [0.2, 0.25) is 0 Å². The van der Waals surface area contributed by atoms with Crippen LogP contribution in [0.3, 0.4) is 0 Å². The lowest BCUT2D eigenvalue weighted by Gasteiger charge is -2.17. The highest BCUT2D eigenvalue weighted by atomic mass is 16.6. The average molecular weight is 502 g/mol. The second kappa shape index (κ2) is 10.1. The summed E-state index contributed by atoms with van der Waals surface area (Å²) in [4.78, 5) is 48.5. The number of hydrogen-bond acceptors (Lipinski definition) is 9. The van der Waals surface area contributed by atoms with Crippen LogP contribution >= 0.6 is 0 Å². The van der Waals surface area contributed by atoms with Gasteiger partial charge < -0.3 is 14.8 Å². The van der Waals surface area contributed by atoms with Crippen LogP contribution in [0.15, 0.2) is 67.3 Å². The SMILES string of the molecule is CC[C@H]1O[C@@H](n2cnc3c(NC(=O)c4ccccc4)ncnc32)C[C@H]1OC(=O)c1ccc([N+](=O)[O-])cc1. The van der Waals surface area contributed by atoms with Gasteiger partial charge in [0.1, 0.15) is 18.7 Å². The lowest BCUT2D eigenvalue weighted by atomic mass is 10.1. The monoisotopic (exact) mass is 502 g/mol. The zero-order valence-corrected chi connectivity index (χ0v) is 19.7. The van der Waals surface area contributed by atoms with E-state index >= 15 is 0 Å². The number of benzene rings is 2. The van der Waals surface area contributed by atoms with E-state index in [1.807, 2.05) is 13.0 Å². The van der Waals surface area contributed by atoms with Gasteiger partial charge in [-0.1, -0.05) is 25.1 Å². The van der Waals surface area contributed by atoms with Crippen LogP contribution in [0.2, 0.25) is 0 Å². The van der Waals surface area contributed by atoms with E-state index in [0.29, 0.717) is 29.6 Å². The first-order valence-corrected chi connectivity index (χ1v) is 11.6. The highest BCUT2D eigenvalue weighted by molar-refractivity contribution is 6.06. The zero-order chi connectivity index (χ0) is 25.9. The molecule has 3 atom stereocenters. The Kier molecular flexibility index (Phi) is 6.56. The number of imidazole rings is 1. The van der Waals surface area contributed by atoms with Gasteiger partial charge >= 0.3 is 5.97 Å². The molecule has 0 unspecified atom stereocenters. The number of esters is 1. The molecule has 188 valence electrons. The lowest BCUT2D eigenvalue weighted by Crippen LogP contribution is -2.26. The molecule has 0 spiro atoms. The van der Waals surface area contributed by atoms with Crippen LogP contribution < -0.4 is 5.32 Å². The largest absolute Gasteiger partial charge is 0.456 e. The summed E-state index contributed by atoms with van der Waals surface area (Å²) < 4.78 is 13.6. The molecule has 12 heteroatoms. The smallest absolute Gasteiger partial charge is 0.338 e. The van der Waals surface area contributed by atoms with Gasteiger partial charge in [-0.15, -0.1) is 0 Å². The van der Waals surface area contributed by atoms with E-state index in [1.54, 1.807) is 35.2 Å². The average Bonchev–Trinajstić information content (AvgIpc) is 3.53. The van der Waals surface area contributed by atoms with Crippen molar-refractivity contribution in [1.29, 1.82) is 0 Å². The Bertz CT molecular complexity index is 1460. The van der Waals surface area contributed by atoms with Crippen molar-refractivity contribution in [2.45, 2.75) is 38.2 Å². The number of carbonyl (C=O) groups excluding carboxylic acids is 2. The molecule has 0 radical (unpaired) electrons. The molecule has 1 saturated heterocycles. The van der Waals surface area contributed by atoms with E-state index in [9.17, 15) is 19.7 Å². The van der Waals surface area contributed by atoms with Crippen molar-refractivity contribution in [2.75, 3.05) is 5.32 Å². The molecule has 0 saturated carbocycles. The number of nitro groups is 1. The van der Waals surface area contributed by atoms with Gasteiger partial charge in [-0.2, -0.15) is 0 Å². The van der Waals surface area contributed by atoms with Gasteiger partial charge in [0.05, 0.1) is 22.9 Å². The number of aromatic nitrogens is 4. The molecule has 2 aromatic carbocycles. The summed E-state index contributed by atoms with van der Waals surface area (Å²) in [6, 6.07) is 14.0. The Labute approximate surface area is 210 Å².